The van der Waals surface area contributed by atoms with Crippen LogP contribution in [0.4, 0.5) is 0 Å². The first kappa shape index (κ1) is 21.7. The Bertz CT molecular complexity index is 1110. The highest BCUT2D eigenvalue weighted by molar-refractivity contribution is 9.10. The van der Waals surface area contributed by atoms with Gasteiger partial charge in [0.25, 0.3) is 0 Å². The summed E-state index contributed by atoms with van der Waals surface area (Å²) in [6, 6.07) is 27.2. The van der Waals surface area contributed by atoms with Gasteiger partial charge in [-0.05, 0) is 107 Å². The fourth-order valence-electron chi connectivity index (χ4n) is 4.70. The largest absolute Gasteiger partial charge is 0.0584 e. The van der Waals surface area contributed by atoms with Gasteiger partial charge < -0.3 is 0 Å². The van der Waals surface area contributed by atoms with Gasteiger partial charge in [0.05, 0.1) is 0 Å². The van der Waals surface area contributed by atoms with E-state index in [1.165, 1.54) is 64.6 Å². The van der Waals surface area contributed by atoms with Gasteiger partial charge in [0.2, 0.25) is 0 Å². The number of halogens is 2. The van der Waals surface area contributed by atoms with Gasteiger partial charge >= 0.3 is 0 Å². The van der Waals surface area contributed by atoms with E-state index in [9.17, 15) is 0 Å². The Kier molecular flexibility index (Phi) is 6.09. The van der Waals surface area contributed by atoms with Crippen molar-refractivity contribution in [1.29, 1.82) is 0 Å². The van der Waals surface area contributed by atoms with Crippen LogP contribution in [0.3, 0.4) is 0 Å². The van der Waals surface area contributed by atoms with Gasteiger partial charge in [-0.15, -0.1) is 0 Å². The second-order valence-corrected chi connectivity index (χ2v) is 10.8. The van der Waals surface area contributed by atoms with E-state index in [1.807, 2.05) is 0 Å². The van der Waals surface area contributed by atoms with Crippen molar-refractivity contribution < 1.29 is 0 Å². The van der Waals surface area contributed by atoms with Gasteiger partial charge in [0, 0.05) is 8.95 Å². The summed E-state index contributed by atoms with van der Waals surface area (Å²) in [7, 11) is 0. The molecule has 0 N–H and O–H groups in total. The van der Waals surface area contributed by atoms with Crippen molar-refractivity contribution in [1.82, 2.24) is 0 Å². The lowest BCUT2D eigenvalue weighted by atomic mass is 9.93. The molecule has 0 saturated heterocycles. The summed E-state index contributed by atoms with van der Waals surface area (Å²) in [4.78, 5) is 0. The zero-order valence-electron chi connectivity index (χ0n) is 18.5. The predicted molar refractivity (Wildman–Crippen MR) is 142 cm³/mol. The van der Waals surface area contributed by atoms with Crippen LogP contribution < -0.4 is 0 Å². The van der Waals surface area contributed by atoms with E-state index in [0.29, 0.717) is 0 Å². The monoisotopic (exact) mass is 544 g/mol. The molecule has 0 nitrogen and oxygen atoms in total. The molecule has 2 heteroatoms. The number of aryl methyl sites for hydroxylation is 2. The number of benzene rings is 4. The zero-order valence-corrected chi connectivity index (χ0v) is 21.7. The predicted octanol–water partition coefficient (Wildman–Crippen LogP) is 8.51. The number of hydrogen-bond donors (Lipinski definition) is 0. The fourth-order valence-corrected chi connectivity index (χ4v) is 5.83. The molecule has 8 aliphatic carbocycles. The number of rotatable bonds is 0. The van der Waals surface area contributed by atoms with E-state index in [2.05, 4.69) is 119 Å². The maximum atomic E-state index is 3.66. The lowest BCUT2D eigenvalue weighted by Crippen LogP contribution is -1.99. The maximum absolute atomic E-state index is 3.66. The highest BCUT2D eigenvalue weighted by atomic mass is 79.9. The van der Waals surface area contributed by atoms with Gasteiger partial charge in [-0.3, -0.25) is 0 Å². The number of hydrogen-bond acceptors (Lipinski definition) is 0. The van der Waals surface area contributed by atoms with Crippen molar-refractivity contribution >= 4 is 31.9 Å². The van der Waals surface area contributed by atoms with E-state index in [-0.39, 0.29) is 0 Å². The molecular formula is C30H26Br2. The van der Waals surface area contributed by atoms with Crippen LogP contribution in [0.5, 0.6) is 0 Å². The molecule has 0 aromatic heterocycles. The van der Waals surface area contributed by atoms with Crippen LogP contribution in [0.15, 0.2) is 81.7 Å². The summed E-state index contributed by atoms with van der Waals surface area (Å²) >= 11 is 7.32. The van der Waals surface area contributed by atoms with Crippen molar-refractivity contribution in [3.05, 3.63) is 137 Å². The molecule has 8 bridgehead atoms. The first-order chi connectivity index (χ1) is 15.4. The standard InChI is InChI=1S/2C15H13Br/c2*1-10-6-11-2-4-13(10)7-12-3-5-14(8-11)15(16)9-12/h2*2-6,9H,7-8H2,1H3. The normalized spacial score (nSPS) is 13.1. The average molecular weight is 546 g/mol. The molecule has 0 heterocycles. The molecule has 0 unspecified atom stereocenters. The summed E-state index contributed by atoms with van der Waals surface area (Å²) in [6.07, 6.45) is 4.10. The molecule has 12 rings (SSSR count). The first-order valence-electron chi connectivity index (χ1n) is 11.2. The summed E-state index contributed by atoms with van der Waals surface area (Å²) in [5.74, 6) is 0. The second-order valence-electron chi connectivity index (χ2n) is 9.08. The van der Waals surface area contributed by atoms with Crippen molar-refractivity contribution in [2.75, 3.05) is 0 Å². The molecule has 0 amide bonds. The molecule has 0 spiro atoms. The quantitative estimate of drug-likeness (QED) is 0.179. The van der Waals surface area contributed by atoms with Crippen LogP contribution in [0, 0.1) is 13.8 Å². The lowest BCUT2D eigenvalue weighted by molar-refractivity contribution is 1.08. The average Bonchev–Trinajstić information content (AvgIpc) is 2.77. The topological polar surface area (TPSA) is 0 Å². The van der Waals surface area contributed by atoms with Crippen LogP contribution in [-0.2, 0) is 25.7 Å². The van der Waals surface area contributed by atoms with E-state index < -0.39 is 0 Å². The van der Waals surface area contributed by atoms with Gasteiger partial charge in [0.1, 0.15) is 0 Å². The minimum absolute atomic E-state index is 1.02. The summed E-state index contributed by atoms with van der Waals surface area (Å²) in [5, 5.41) is 0. The van der Waals surface area contributed by atoms with Gasteiger partial charge in [-0.25, -0.2) is 0 Å². The lowest BCUT2D eigenvalue weighted by Gasteiger charge is -2.14. The Morgan fingerprint density at radius 1 is 0.438 bits per heavy atom. The molecule has 160 valence electrons. The molecule has 0 radical (unpaired) electrons. The Balaban J connectivity index is 0.000000135. The molecule has 0 saturated carbocycles. The molecule has 0 fully saturated rings. The van der Waals surface area contributed by atoms with Crippen LogP contribution >= 0.6 is 31.9 Å². The Morgan fingerprint density at radius 3 is 1.09 bits per heavy atom. The first-order valence-corrected chi connectivity index (χ1v) is 12.7. The Hall–Kier alpha value is -2.16. The summed E-state index contributed by atoms with van der Waals surface area (Å²) in [5.41, 5.74) is 14.0. The van der Waals surface area contributed by atoms with E-state index in [4.69, 9.17) is 0 Å². The highest BCUT2D eigenvalue weighted by Crippen LogP contribution is 2.28. The molecular weight excluding hydrogens is 520 g/mol. The summed E-state index contributed by atoms with van der Waals surface area (Å²) in [6.45, 7) is 4.42. The Morgan fingerprint density at radius 2 is 0.750 bits per heavy atom. The minimum atomic E-state index is 1.02. The SMILES string of the molecule is Cc1cc2ccc1Cc1ccc(c(Br)c1)C2.Cc1cc2ccc1Cc1ccc(c(Br)c1)C2. The van der Waals surface area contributed by atoms with Crippen molar-refractivity contribution in [3.63, 3.8) is 0 Å². The highest BCUT2D eigenvalue weighted by Gasteiger charge is 2.10. The molecule has 0 aliphatic heterocycles. The third kappa shape index (κ3) is 4.63. The molecule has 0 atom stereocenters. The Labute approximate surface area is 208 Å². The van der Waals surface area contributed by atoms with Crippen LogP contribution in [0.2, 0.25) is 0 Å². The van der Waals surface area contributed by atoms with Gasteiger partial charge in [0.15, 0.2) is 0 Å². The van der Waals surface area contributed by atoms with Crippen molar-refractivity contribution in [2.24, 2.45) is 0 Å². The molecule has 8 aliphatic rings. The maximum Gasteiger partial charge on any atom is 0.0213 e. The second kappa shape index (κ2) is 9.00. The third-order valence-corrected chi connectivity index (χ3v) is 8.10. The van der Waals surface area contributed by atoms with Crippen molar-refractivity contribution in [3.8, 4) is 0 Å². The molecule has 4 aromatic rings. The van der Waals surface area contributed by atoms with Crippen molar-refractivity contribution in [2.45, 2.75) is 39.5 Å². The third-order valence-electron chi connectivity index (χ3n) is 6.63. The minimum Gasteiger partial charge on any atom is -0.0584 e. The summed E-state index contributed by atoms with van der Waals surface area (Å²) < 4.78 is 2.48. The van der Waals surface area contributed by atoms with Gasteiger partial charge in [-0.2, -0.15) is 0 Å². The van der Waals surface area contributed by atoms with Gasteiger partial charge in [-0.1, -0.05) is 92.5 Å². The smallest absolute Gasteiger partial charge is 0.0213 e. The van der Waals surface area contributed by atoms with Crippen LogP contribution in [0.25, 0.3) is 0 Å². The van der Waals surface area contributed by atoms with E-state index in [1.54, 1.807) is 0 Å². The molecule has 4 aromatic carbocycles. The van der Waals surface area contributed by atoms with Crippen LogP contribution in [0.1, 0.15) is 55.6 Å². The molecule has 32 heavy (non-hydrogen) atoms. The fraction of sp³-hybridized carbons (Fsp3) is 0.200. The van der Waals surface area contributed by atoms with Crippen LogP contribution in [-0.4, -0.2) is 0 Å². The van der Waals surface area contributed by atoms with E-state index in [0.717, 1.165) is 25.7 Å². The zero-order chi connectivity index (χ0) is 22.2. The van der Waals surface area contributed by atoms with E-state index >= 15 is 0 Å².